The van der Waals surface area contributed by atoms with Gasteiger partial charge in [-0.3, -0.25) is 0 Å². The Labute approximate surface area is 210 Å². The van der Waals surface area contributed by atoms with Gasteiger partial charge in [-0.05, 0) is 59.3 Å². The number of rotatable bonds is 1. The summed E-state index contributed by atoms with van der Waals surface area (Å²) < 4.78 is 14.8. The smallest absolute Gasteiger partial charge is 0.136 e. The zero-order valence-electron chi connectivity index (χ0n) is 19.7. The maximum absolute atomic E-state index is 6.31. The van der Waals surface area contributed by atoms with E-state index in [0.29, 0.717) is 0 Å². The average Bonchev–Trinajstić information content (AvgIpc) is 3.60. The van der Waals surface area contributed by atoms with Crippen LogP contribution >= 0.6 is 0 Å². The molecule has 0 saturated carbocycles. The third-order valence-electron chi connectivity index (χ3n) is 7.77. The predicted molar refractivity (Wildman–Crippen MR) is 153 cm³/mol. The van der Waals surface area contributed by atoms with Gasteiger partial charge in [-0.15, -0.1) is 0 Å². The third-order valence-corrected chi connectivity index (χ3v) is 7.77. The summed E-state index contributed by atoms with van der Waals surface area (Å²) in [5, 5.41) is 9.43. The number of nitrogens with zero attached hydrogens (tertiary/aromatic N) is 1. The van der Waals surface area contributed by atoms with Crippen molar-refractivity contribution in [2.45, 2.75) is 0 Å². The van der Waals surface area contributed by atoms with Crippen LogP contribution in [-0.4, -0.2) is 4.57 Å². The molecule has 0 spiro atoms. The Hall–Kier alpha value is -5.02. The van der Waals surface area contributed by atoms with Crippen LogP contribution < -0.4 is 0 Å². The SMILES string of the molecule is c1ccc2c(c1)ccc1c2c2cc3oc4ccccc4c3cc2n1-c1ccc2oc3ccccc3c2c1. The normalized spacial score (nSPS) is 12.3. The van der Waals surface area contributed by atoms with Crippen LogP contribution in [0.15, 0.2) is 124 Å². The van der Waals surface area contributed by atoms with Crippen LogP contribution in [0.3, 0.4) is 0 Å². The van der Waals surface area contributed by atoms with Gasteiger partial charge in [0, 0.05) is 38.0 Å². The molecule has 0 atom stereocenters. The molecule has 0 bridgehead atoms. The van der Waals surface area contributed by atoms with Crippen LogP contribution in [0.25, 0.3) is 82.1 Å². The van der Waals surface area contributed by atoms with Crippen molar-refractivity contribution in [2.75, 3.05) is 0 Å². The first-order chi connectivity index (χ1) is 18.3. The van der Waals surface area contributed by atoms with Crippen molar-refractivity contribution in [1.82, 2.24) is 4.57 Å². The van der Waals surface area contributed by atoms with E-state index in [0.717, 1.165) is 55.1 Å². The van der Waals surface area contributed by atoms with Crippen molar-refractivity contribution in [2.24, 2.45) is 0 Å². The molecule has 9 rings (SSSR count). The summed E-state index contributed by atoms with van der Waals surface area (Å²) in [7, 11) is 0. The van der Waals surface area contributed by atoms with Crippen LogP contribution in [0.5, 0.6) is 0 Å². The minimum Gasteiger partial charge on any atom is -0.456 e. The summed E-state index contributed by atoms with van der Waals surface area (Å²) in [6, 6.07) is 40.6. The third kappa shape index (κ3) is 2.50. The summed E-state index contributed by atoms with van der Waals surface area (Å²) in [5.41, 5.74) is 7.10. The Bertz CT molecular complexity index is 2360. The zero-order valence-corrected chi connectivity index (χ0v) is 19.7. The molecule has 0 N–H and O–H groups in total. The molecular formula is C34H19NO2. The summed E-state index contributed by atoms with van der Waals surface area (Å²) in [5.74, 6) is 0. The lowest BCUT2D eigenvalue weighted by Crippen LogP contribution is -1.93. The first-order valence-electron chi connectivity index (χ1n) is 12.5. The van der Waals surface area contributed by atoms with E-state index in [-0.39, 0.29) is 0 Å². The van der Waals surface area contributed by atoms with Crippen LogP contribution in [0, 0.1) is 0 Å². The number of furan rings is 2. The number of hydrogen-bond donors (Lipinski definition) is 0. The molecule has 3 heterocycles. The summed E-state index contributed by atoms with van der Waals surface area (Å²) in [4.78, 5) is 0. The molecule has 3 aromatic heterocycles. The molecular weight excluding hydrogens is 454 g/mol. The van der Waals surface area contributed by atoms with E-state index in [1.807, 2.05) is 24.3 Å². The van der Waals surface area contributed by atoms with E-state index < -0.39 is 0 Å². The first-order valence-corrected chi connectivity index (χ1v) is 12.5. The number of hydrogen-bond acceptors (Lipinski definition) is 2. The molecule has 0 aliphatic carbocycles. The number of para-hydroxylation sites is 2. The molecule has 3 nitrogen and oxygen atoms in total. The zero-order chi connectivity index (χ0) is 24.1. The van der Waals surface area contributed by atoms with Gasteiger partial charge in [0.1, 0.15) is 22.3 Å². The average molecular weight is 474 g/mol. The molecule has 3 heteroatoms. The fraction of sp³-hybridized carbons (Fsp3) is 0. The highest BCUT2D eigenvalue weighted by Gasteiger charge is 2.19. The molecule has 0 aliphatic heterocycles. The largest absolute Gasteiger partial charge is 0.456 e. The maximum atomic E-state index is 6.31. The van der Waals surface area contributed by atoms with Gasteiger partial charge in [0.2, 0.25) is 0 Å². The Morgan fingerprint density at radius 2 is 1.05 bits per heavy atom. The monoisotopic (exact) mass is 473 g/mol. The molecule has 0 aliphatic rings. The fourth-order valence-corrected chi connectivity index (χ4v) is 6.14. The Morgan fingerprint density at radius 3 is 1.86 bits per heavy atom. The molecule has 9 aromatic rings. The molecule has 0 saturated heterocycles. The van der Waals surface area contributed by atoms with Gasteiger partial charge in [-0.2, -0.15) is 0 Å². The Balaban J connectivity index is 1.49. The summed E-state index contributed by atoms with van der Waals surface area (Å²) >= 11 is 0. The Morgan fingerprint density at radius 1 is 0.405 bits per heavy atom. The molecule has 0 fully saturated rings. The predicted octanol–water partition coefficient (Wildman–Crippen LogP) is 9.74. The second-order valence-corrected chi connectivity index (χ2v) is 9.76. The van der Waals surface area contributed by atoms with Crippen molar-refractivity contribution in [3.63, 3.8) is 0 Å². The number of fused-ring (bicyclic) bond motifs is 11. The molecule has 0 amide bonds. The van der Waals surface area contributed by atoms with E-state index in [4.69, 9.17) is 8.83 Å². The van der Waals surface area contributed by atoms with E-state index in [1.54, 1.807) is 0 Å². The Kier molecular flexibility index (Phi) is 3.53. The lowest BCUT2D eigenvalue weighted by Gasteiger charge is -2.09. The van der Waals surface area contributed by atoms with Gasteiger partial charge in [0.15, 0.2) is 0 Å². The molecule has 37 heavy (non-hydrogen) atoms. The van der Waals surface area contributed by atoms with Crippen LogP contribution in [0.1, 0.15) is 0 Å². The first kappa shape index (κ1) is 19.2. The van der Waals surface area contributed by atoms with Gasteiger partial charge in [-0.1, -0.05) is 66.7 Å². The second kappa shape index (κ2) is 6.80. The van der Waals surface area contributed by atoms with Gasteiger partial charge in [0.05, 0.1) is 11.0 Å². The maximum Gasteiger partial charge on any atom is 0.136 e. The van der Waals surface area contributed by atoms with Gasteiger partial charge >= 0.3 is 0 Å². The molecule has 0 unspecified atom stereocenters. The summed E-state index contributed by atoms with van der Waals surface area (Å²) in [6.07, 6.45) is 0. The second-order valence-electron chi connectivity index (χ2n) is 9.76. The quantitative estimate of drug-likeness (QED) is 0.238. The van der Waals surface area contributed by atoms with Crippen molar-refractivity contribution < 1.29 is 8.83 Å². The van der Waals surface area contributed by atoms with Crippen molar-refractivity contribution >= 4 is 76.5 Å². The minimum absolute atomic E-state index is 0.902. The highest BCUT2D eigenvalue weighted by atomic mass is 16.3. The topological polar surface area (TPSA) is 31.2 Å². The lowest BCUT2D eigenvalue weighted by molar-refractivity contribution is 0.668. The molecule has 0 radical (unpaired) electrons. The standard InChI is InChI=1S/C34H19NO2/c1-2-8-22-20(7-1)13-15-28-34(22)27-19-33-26(24-10-4-6-12-31(24)37-33)18-29(27)35(28)21-14-16-32-25(17-21)23-9-3-5-11-30(23)36-32/h1-19H. The van der Waals surface area contributed by atoms with E-state index >= 15 is 0 Å². The van der Waals surface area contributed by atoms with E-state index in [9.17, 15) is 0 Å². The molecule has 172 valence electrons. The highest BCUT2D eigenvalue weighted by molar-refractivity contribution is 6.24. The molecule has 6 aromatic carbocycles. The number of benzene rings is 6. The van der Waals surface area contributed by atoms with Gasteiger partial charge in [-0.25, -0.2) is 0 Å². The van der Waals surface area contributed by atoms with Crippen molar-refractivity contribution in [1.29, 1.82) is 0 Å². The summed E-state index contributed by atoms with van der Waals surface area (Å²) in [6.45, 7) is 0. The van der Waals surface area contributed by atoms with Gasteiger partial charge in [0.25, 0.3) is 0 Å². The van der Waals surface area contributed by atoms with Crippen molar-refractivity contribution in [3.05, 3.63) is 115 Å². The lowest BCUT2D eigenvalue weighted by atomic mass is 10.0. The van der Waals surface area contributed by atoms with E-state index in [1.165, 1.54) is 27.1 Å². The van der Waals surface area contributed by atoms with Crippen molar-refractivity contribution in [3.8, 4) is 5.69 Å². The van der Waals surface area contributed by atoms with Crippen LogP contribution in [0.2, 0.25) is 0 Å². The van der Waals surface area contributed by atoms with Crippen LogP contribution in [-0.2, 0) is 0 Å². The highest BCUT2D eigenvalue weighted by Crippen LogP contribution is 2.41. The van der Waals surface area contributed by atoms with E-state index in [2.05, 4.69) is 95.6 Å². The fourth-order valence-electron chi connectivity index (χ4n) is 6.14. The minimum atomic E-state index is 0.902. The van der Waals surface area contributed by atoms with Crippen LogP contribution in [0.4, 0.5) is 0 Å². The van der Waals surface area contributed by atoms with Gasteiger partial charge < -0.3 is 13.4 Å². The number of aromatic nitrogens is 1.